The van der Waals surface area contributed by atoms with E-state index in [0.717, 1.165) is 23.7 Å². The zero-order valence-corrected chi connectivity index (χ0v) is 10.1. The predicted octanol–water partition coefficient (Wildman–Crippen LogP) is 3.28. The van der Waals surface area contributed by atoms with E-state index in [1.807, 2.05) is 18.2 Å². The fourth-order valence-electron chi connectivity index (χ4n) is 3.87. The van der Waals surface area contributed by atoms with Gasteiger partial charge in [-0.25, -0.2) is 0 Å². The molecule has 0 spiro atoms. The third kappa shape index (κ3) is 1.38. The van der Waals surface area contributed by atoms with Gasteiger partial charge in [-0.05, 0) is 37.2 Å². The Morgan fingerprint density at radius 1 is 1.35 bits per heavy atom. The molecule has 0 aromatic heterocycles. The molecule has 2 bridgehead atoms. The van der Waals surface area contributed by atoms with E-state index >= 15 is 0 Å². The van der Waals surface area contributed by atoms with Crippen LogP contribution in [0, 0.1) is 23.2 Å². The molecule has 2 nitrogen and oxygen atoms in total. The molecule has 1 aromatic rings. The standard InChI is InChI=1S/C15H17NO/c1-17-14-5-3-2-4-13(14)15(10-16)9-11-6-7-12(15)8-11/h2-5,11-12H,6-9H2,1H3/t11?,12?,15-/m0/s1. The third-order valence-corrected chi connectivity index (χ3v) is 4.64. The number of fused-ring (bicyclic) bond motifs is 2. The fraction of sp³-hybridized carbons (Fsp3) is 0.533. The monoisotopic (exact) mass is 227 g/mol. The Balaban J connectivity index is 2.10. The molecule has 2 heteroatoms. The Kier molecular flexibility index (Phi) is 2.36. The van der Waals surface area contributed by atoms with Crippen molar-refractivity contribution in [2.75, 3.05) is 7.11 Å². The minimum absolute atomic E-state index is 0.282. The maximum absolute atomic E-state index is 9.71. The van der Waals surface area contributed by atoms with Crippen molar-refractivity contribution in [1.29, 1.82) is 5.26 Å². The first-order valence-electron chi connectivity index (χ1n) is 6.35. The van der Waals surface area contributed by atoms with Crippen LogP contribution in [0.5, 0.6) is 5.75 Å². The molecule has 0 saturated heterocycles. The lowest BCUT2D eigenvalue weighted by atomic mass is 9.69. The molecule has 2 aliphatic rings. The number of rotatable bonds is 2. The highest BCUT2D eigenvalue weighted by molar-refractivity contribution is 5.46. The topological polar surface area (TPSA) is 33.0 Å². The molecule has 1 aromatic carbocycles. The molecule has 3 atom stereocenters. The zero-order valence-electron chi connectivity index (χ0n) is 10.1. The van der Waals surface area contributed by atoms with Gasteiger partial charge in [-0.2, -0.15) is 5.26 Å². The van der Waals surface area contributed by atoms with Gasteiger partial charge in [0.15, 0.2) is 0 Å². The maximum Gasteiger partial charge on any atom is 0.123 e. The average Bonchev–Trinajstić information content (AvgIpc) is 2.99. The molecule has 2 fully saturated rings. The SMILES string of the molecule is COc1ccccc1[C@]1(C#N)CC2CCC1C2. The van der Waals surface area contributed by atoms with Crippen molar-refractivity contribution in [1.82, 2.24) is 0 Å². The van der Waals surface area contributed by atoms with E-state index in [9.17, 15) is 5.26 Å². The second kappa shape index (κ2) is 3.77. The van der Waals surface area contributed by atoms with Crippen molar-refractivity contribution in [2.45, 2.75) is 31.1 Å². The number of hydrogen-bond acceptors (Lipinski definition) is 2. The largest absolute Gasteiger partial charge is 0.496 e. The highest BCUT2D eigenvalue weighted by atomic mass is 16.5. The lowest BCUT2D eigenvalue weighted by Gasteiger charge is -2.32. The van der Waals surface area contributed by atoms with Crippen LogP contribution in [-0.2, 0) is 5.41 Å². The molecule has 17 heavy (non-hydrogen) atoms. The number of hydrogen-bond donors (Lipinski definition) is 0. The number of nitrogens with zero attached hydrogens (tertiary/aromatic N) is 1. The molecule has 88 valence electrons. The van der Waals surface area contributed by atoms with E-state index in [-0.39, 0.29) is 5.41 Å². The molecule has 0 aliphatic heterocycles. The van der Waals surface area contributed by atoms with Gasteiger partial charge < -0.3 is 4.74 Å². The first kappa shape index (κ1) is 10.7. The van der Waals surface area contributed by atoms with Crippen LogP contribution in [0.15, 0.2) is 24.3 Å². The average molecular weight is 227 g/mol. The van der Waals surface area contributed by atoms with Crippen LogP contribution in [0.4, 0.5) is 0 Å². The summed E-state index contributed by atoms with van der Waals surface area (Å²) < 4.78 is 5.44. The van der Waals surface area contributed by atoms with Crippen LogP contribution in [0.1, 0.15) is 31.2 Å². The van der Waals surface area contributed by atoms with Crippen molar-refractivity contribution < 1.29 is 4.74 Å². The van der Waals surface area contributed by atoms with Gasteiger partial charge in [0, 0.05) is 5.56 Å². The Morgan fingerprint density at radius 2 is 2.18 bits per heavy atom. The highest BCUT2D eigenvalue weighted by Gasteiger charge is 2.53. The highest BCUT2D eigenvalue weighted by Crippen LogP contribution is 2.58. The van der Waals surface area contributed by atoms with Gasteiger partial charge in [-0.1, -0.05) is 24.6 Å². The van der Waals surface area contributed by atoms with Crippen LogP contribution in [-0.4, -0.2) is 7.11 Å². The number of methoxy groups -OCH3 is 1. The van der Waals surface area contributed by atoms with Gasteiger partial charge in [-0.3, -0.25) is 0 Å². The van der Waals surface area contributed by atoms with Gasteiger partial charge in [0.25, 0.3) is 0 Å². The maximum atomic E-state index is 9.71. The van der Waals surface area contributed by atoms with Crippen LogP contribution >= 0.6 is 0 Å². The predicted molar refractivity (Wildman–Crippen MR) is 65.7 cm³/mol. The summed E-state index contributed by atoms with van der Waals surface area (Å²) in [6.45, 7) is 0. The van der Waals surface area contributed by atoms with Gasteiger partial charge in [-0.15, -0.1) is 0 Å². The molecule has 2 aliphatic carbocycles. The smallest absolute Gasteiger partial charge is 0.123 e. The summed E-state index contributed by atoms with van der Waals surface area (Å²) in [5, 5.41) is 9.71. The number of benzene rings is 1. The molecule has 2 saturated carbocycles. The van der Waals surface area contributed by atoms with Gasteiger partial charge in [0.05, 0.1) is 18.6 Å². The van der Waals surface area contributed by atoms with Gasteiger partial charge in [0.2, 0.25) is 0 Å². The fourth-order valence-corrected chi connectivity index (χ4v) is 3.87. The van der Waals surface area contributed by atoms with E-state index in [0.29, 0.717) is 5.92 Å². The molecular formula is C15H17NO. The Morgan fingerprint density at radius 3 is 2.76 bits per heavy atom. The van der Waals surface area contributed by atoms with Crippen LogP contribution in [0.25, 0.3) is 0 Å². The van der Waals surface area contributed by atoms with Crippen LogP contribution in [0.3, 0.4) is 0 Å². The summed E-state index contributed by atoms with van der Waals surface area (Å²) in [5.74, 6) is 2.17. The van der Waals surface area contributed by atoms with Crippen LogP contribution in [0.2, 0.25) is 0 Å². The first-order valence-corrected chi connectivity index (χ1v) is 6.35. The van der Waals surface area contributed by atoms with Gasteiger partial charge in [0.1, 0.15) is 5.75 Å². The van der Waals surface area contributed by atoms with Crippen molar-refractivity contribution in [2.24, 2.45) is 11.8 Å². The Bertz CT molecular complexity index is 476. The van der Waals surface area contributed by atoms with Crippen LogP contribution < -0.4 is 4.74 Å². The zero-order chi connectivity index (χ0) is 11.9. The second-order valence-corrected chi connectivity index (χ2v) is 5.36. The molecule has 0 radical (unpaired) electrons. The quantitative estimate of drug-likeness (QED) is 0.776. The normalized spacial score (nSPS) is 34.6. The Hall–Kier alpha value is -1.49. The molecule has 3 rings (SSSR count). The third-order valence-electron chi connectivity index (χ3n) is 4.64. The van der Waals surface area contributed by atoms with Crippen molar-refractivity contribution in [3.63, 3.8) is 0 Å². The van der Waals surface area contributed by atoms with E-state index in [1.54, 1.807) is 7.11 Å². The molecule has 2 unspecified atom stereocenters. The molecule has 0 N–H and O–H groups in total. The van der Waals surface area contributed by atoms with E-state index in [4.69, 9.17) is 4.74 Å². The summed E-state index contributed by atoms with van der Waals surface area (Å²) >= 11 is 0. The first-order chi connectivity index (χ1) is 8.30. The number of para-hydroxylation sites is 1. The molecule has 0 amide bonds. The number of ether oxygens (including phenoxy) is 1. The minimum Gasteiger partial charge on any atom is -0.496 e. The summed E-state index contributed by atoms with van der Waals surface area (Å²) in [6.07, 6.45) is 4.76. The lowest BCUT2D eigenvalue weighted by molar-refractivity contribution is 0.322. The van der Waals surface area contributed by atoms with E-state index in [1.165, 1.54) is 19.3 Å². The summed E-state index contributed by atoms with van der Waals surface area (Å²) in [7, 11) is 1.69. The lowest BCUT2D eigenvalue weighted by Crippen LogP contribution is -2.31. The Labute approximate surface area is 102 Å². The van der Waals surface area contributed by atoms with Crippen molar-refractivity contribution in [3.8, 4) is 11.8 Å². The minimum atomic E-state index is -0.282. The van der Waals surface area contributed by atoms with E-state index < -0.39 is 0 Å². The van der Waals surface area contributed by atoms with E-state index in [2.05, 4.69) is 12.1 Å². The second-order valence-electron chi connectivity index (χ2n) is 5.36. The number of nitriles is 1. The summed E-state index contributed by atoms with van der Waals surface area (Å²) in [4.78, 5) is 0. The summed E-state index contributed by atoms with van der Waals surface area (Å²) in [5.41, 5.74) is 0.826. The molecule has 0 heterocycles. The molecular weight excluding hydrogens is 210 g/mol. The van der Waals surface area contributed by atoms with Gasteiger partial charge >= 0.3 is 0 Å². The van der Waals surface area contributed by atoms with Crippen molar-refractivity contribution in [3.05, 3.63) is 29.8 Å². The van der Waals surface area contributed by atoms with Crippen molar-refractivity contribution >= 4 is 0 Å². The summed E-state index contributed by atoms with van der Waals surface area (Å²) in [6, 6.07) is 10.7.